The van der Waals surface area contributed by atoms with Crippen LogP contribution in [0.25, 0.3) is 0 Å². The van der Waals surface area contributed by atoms with Crippen molar-refractivity contribution in [3.05, 3.63) is 0 Å². The van der Waals surface area contributed by atoms with Crippen LogP contribution in [0.1, 0.15) is 32.6 Å². The molecule has 0 aromatic heterocycles. The summed E-state index contributed by atoms with van der Waals surface area (Å²) in [5, 5.41) is 2.69. The van der Waals surface area contributed by atoms with Crippen LogP contribution in [0.4, 0.5) is 8.78 Å². The molecular formula is C13H25F2N3. The van der Waals surface area contributed by atoms with Gasteiger partial charge in [-0.05, 0) is 24.7 Å². The van der Waals surface area contributed by atoms with Gasteiger partial charge in [0.15, 0.2) is 5.96 Å². The Bertz CT molecular complexity index is 261. The number of nitrogens with zero attached hydrogens (tertiary/aromatic N) is 2. The standard InChI is InChI=1S/C13H25F2N3/c1-10-4-6-11(7-5-10)9-18(3)13(16-2)17-8-12(14)15/h10-12H,4-9H2,1-3H3,(H,16,17). The van der Waals surface area contributed by atoms with Crippen LogP contribution < -0.4 is 5.32 Å². The Hall–Kier alpha value is -0.870. The van der Waals surface area contributed by atoms with E-state index in [1.165, 1.54) is 25.7 Å². The van der Waals surface area contributed by atoms with E-state index >= 15 is 0 Å². The van der Waals surface area contributed by atoms with Crippen molar-refractivity contribution in [2.45, 2.75) is 39.0 Å². The lowest BCUT2D eigenvalue weighted by Gasteiger charge is -2.31. The first-order valence-electron chi connectivity index (χ1n) is 6.72. The summed E-state index contributed by atoms with van der Waals surface area (Å²) in [6, 6.07) is 0. The van der Waals surface area contributed by atoms with Crippen LogP contribution in [0.2, 0.25) is 0 Å². The van der Waals surface area contributed by atoms with Crippen molar-refractivity contribution in [3.63, 3.8) is 0 Å². The second-order valence-electron chi connectivity index (χ2n) is 5.33. The Morgan fingerprint density at radius 1 is 1.33 bits per heavy atom. The first-order valence-corrected chi connectivity index (χ1v) is 6.72. The summed E-state index contributed by atoms with van der Waals surface area (Å²) in [5.41, 5.74) is 0. The largest absolute Gasteiger partial charge is 0.351 e. The lowest BCUT2D eigenvalue weighted by atomic mass is 9.83. The maximum absolute atomic E-state index is 12.2. The van der Waals surface area contributed by atoms with E-state index in [1.807, 2.05) is 11.9 Å². The van der Waals surface area contributed by atoms with E-state index in [2.05, 4.69) is 17.2 Å². The highest BCUT2D eigenvalue weighted by Gasteiger charge is 2.20. The summed E-state index contributed by atoms with van der Waals surface area (Å²) in [7, 11) is 3.55. The summed E-state index contributed by atoms with van der Waals surface area (Å²) >= 11 is 0. The van der Waals surface area contributed by atoms with Crippen molar-refractivity contribution in [1.29, 1.82) is 0 Å². The average molecular weight is 261 g/mol. The molecule has 0 bridgehead atoms. The summed E-state index contributed by atoms with van der Waals surface area (Å²) in [5.74, 6) is 2.06. The molecule has 1 rings (SSSR count). The molecule has 106 valence electrons. The van der Waals surface area contributed by atoms with Crippen LogP contribution in [0.15, 0.2) is 4.99 Å². The van der Waals surface area contributed by atoms with Gasteiger partial charge < -0.3 is 10.2 Å². The van der Waals surface area contributed by atoms with Crippen molar-refractivity contribution >= 4 is 5.96 Å². The van der Waals surface area contributed by atoms with Crippen LogP contribution in [-0.2, 0) is 0 Å². The highest BCUT2D eigenvalue weighted by molar-refractivity contribution is 5.79. The number of hydrogen-bond acceptors (Lipinski definition) is 1. The topological polar surface area (TPSA) is 27.6 Å². The molecule has 0 aliphatic heterocycles. The minimum atomic E-state index is -2.34. The highest BCUT2D eigenvalue weighted by atomic mass is 19.3. The fourth-order valence-corrected chi connectivity index (χ4v) is 2.54. The first-order chi connectivity index (χ1) is 8.52. The number of aliphatic imine (C=N–C) groups is 1. The van der Waals surface area contributed by atoms with E-state index in [1.54, 1.807) is 7.05 Å². The summed E-state index contributed by atoms with van der Waals surface area (Å²) in [4.78, 5) is 6.00. The summed E-state index contributed by atoms with van der Waals surface area (Å²) in [6.45, 7) is 2.86. The number of nitrogens with one attached hydrogen (secondary N) is 1. The third kappa shape index (κ3) is 5.19. The lowest BCUT2D eigenvalue weighted by molar-refractivity contribution is 0.150. The van der Waals surface area contributed by atoms with Gasteiger partial charge in [-0.25, -0.2) is 8.78 Å². The minimum Gasteiger partial charge on any atom is -0.351 e. The van der Waals surface area contributed by atoms with Gasteiger partial charge >= 0.3 is 0 Å². The van der Waals surface area contributed by atoms with Crippen molar-refractivity contribution in [2.24, 2.45) is 16.8 Å². The fourth-order valence-electron chi connectivity index (χ4n) is 2.54. The highest BCUT2D eigenvalue weighted by Crippen LogP contribution is 2.28. The van der Waals surface area contributed by atoms with E-state index in [0.717, 1.165) is 12.5 Å². The molecule has 3 nitrogen and oxygen atoms in total. The Morgan fingerprint density at radius 2 is 1.94 bits per heavy atom. The predicted molar refractivity (Wildman–Crippen MR) is 71.1 cm³/mol. The van der Waals surface area contributed by atoms with Crippen LogP contribution in [0, 0.1) is 11.8 Å². The molecule has 1 fully saturated rings. The Balaban J connectivity index is 2.35. The lowest BCUT2D eigenvalue weighted by Crippen LogP contribution is -2.43. The van der Waals surface area contributed by atoms with Crippen LogP contribution in [-0.4, -0.2) is 44.5 Å². The van der Waals surface area contributed by atoms with Gasteiger partial charge in [-0.2, -0.15) is 0 Å². The van der Waals surface area contributed by atoms with Crippen molar-refractivity contribution in [3.8, 4) is 0 Å². The molecule has 0 amide bonds. The molecule has 0 aromatic rings. The Labute approximate surface area is 109 Å². The molecule has 0 saturated heterocycles. The zero-order valence-electron chi connectivity index (χ0n) is 11.6. The quantitative estimate of drug-likeness (QED) is 0.622. The second-order valence-corrected chi connectivity index (χ2v) is 5.33. The predicted octanol–water partition coefficient (Wildman–Crippen LogP) is 2.59. The monoisotopic (exact) mass is 261 g/mol. The number of halogens is 2. The summed E-state index contributed by atoms with van der Waals surface area (Å²) in [6.07, 6.45) is 2.68. The van der Waals surface area contributed by atoms with Gasteiger partial charge in [0.2, 0.25) is 0 Å². The number of guanidine groups is 1. The molecule has 1 saturated carbocycles. The van der Waals surface area contributed by atoms with Gasteiger partial charge in [0.05, 0.1) is 6.54 Å². The molecular weight excluding hydrogens is 236 g/mol. The maximum atomic E-state index is 12.2. The van der Waals surface area contributed by atoms with Gasteiger partial charge in [0.1, 0.15) is 0 Å². The van der Waals surface area contributed by atoms with Crippen molar-refractivity contribution < 1.29 is 8.78 Å². The van der Waals surface area contributed by atoms with Gasteiger partial charge in [0, 0.05) is 20.6 Å². The fraction of sp³-hybridized carbons (Fsp3) is 0.923. The zero-order chi connectivity index (χ0) is 13.5. The van der Waals surface area contributed by atoms with Crippen molar-refractivity contribution in [2.75, 3.05) is 27.2 Å². The molecule has 1 aliphatic carbocycles. The van der Waals surface area contributed by atoms with Gasteiger partial charge in [0.25, 0.3) is 6.43 Å². The molecule has 1 aliphatic rings. The minimum absolute atomic E-state index is 0.335. The maximum Gasteiger partial charge on any atom is 0.255 e. The SMILES string of the molecule is CN=C(NCC(F)F)N(C)CC1CCC(C)CC1. The zero-order valence-corrected chi connectivity index (χ0v) is 11.6. The third-order valence-corrected chi connectivity index (χ3v) is 3.66. The molecule has 0 aromatic carbocycles. The van der Waals surface area contributed by atoms with Gasteiger partial charge in [-0.15, -0.1) is 0 Å². The van der Waals surface area contributed by atoms with E-state index in [9.17, 15) is 8.78 Å². The van der Waals surface area contributed by atoms with Gasteiger partial charge in [-0.1, -0.05) is 19.8 Å². The van der Waals surface area contributed by atoms with E-state index in [0.29, 0.717) is 11.9 Å². The Morgan fingerprint density at radius 3 is 2.44 bits per heavy atom. The summed E-state index contributed by atoms with van der Waals surface area (Å²) < 4.78 is 24.3. The molecule has 0 spiro atoms. The molecule has 0 radical (unpaired) electrons. The number of alkyl halides is 2. The van der Waals surface area contributed by atoms with Crippen LogP contribution in [0.3, 0.4) is 0 Å². The molecule has 0 atom stereocenters. The molecule has 1 N–H and O–H groups in total. The second kappa shape index (κ2) is 7.54. The van der Waals surface area contributed by atoms with Crippen LogP contribution in [0.5, 0.6) is 0 Å². The first kappa shape index (κ1) is 15.2. The molecule has 5 heteroatoms. The van der Waals surface area contributed by atoms with E-state index in [4.69, 9.17) is 0 Å². The number of rotatable bonds is 4. The van der Waals surface area contributed by atoms with Crippen LogP contribution >= 0.6 is 0 Å². The third-order valence-electron chi connectivity index (χ3n) is 3.66. The number of hydrogen-bond donors (Lipinski definition) is 1. The van der Waals surface area contributed by atoms with Crippen molar-refractivity contribution in [1.82, 2.24) is 10.2 Å². The molecule has 18 heavy (non-hydrogen) atoms. The molecule has 0 heterocycles. The average Bonchev–Trinajstić information content (AvgIpc) is 2.32. The van der Waals surface area contributed by atoms with E-state index in [-0.39, 0.29) is 6.54 Å². The smallest absolute Gasteiger partial charge is 0.255 e. The van der Waals surface area contributed by atoms with E-state index < -0.39 is 6.43 Å². The molecule has 0 unspecified atom stereocenters. The van der Waals surface area contributed by atoms with Gasteiger partial charge in [-0.3, -0.25) is 4.99 Å². The normalized spacial score (nSPS) is 25.3. The Kier molecular flexibility index (Phi) is 6.36.